The van der Waals surface area contributed by atoms with Gasteiger partial charge in [-0.1, -0.05) is 17.7 Å². The van der Waals surface area contributed by atoms with E-state index < -0.39 is 5.54 Å². The number of H-pyrrole nitrogens is 1. The van der Waals surface area contributed by atoms with E-state index in [4.69, 9.17) is 9.47 Å². The standard InChI is InChI=1S/C18H23N3O3/c1-12-8-13(2)16(14(3)9-12)24-10-15(22)21-18(4-7-23-11-18)17-19-5-6-20-17/h5-6,8-9H,4,7,10-11H2,1-3H3,(H,19,20)(H,21,22). The molecule has 6 heteroatoms. The summed E-state index contributed by atoms with van der Waals surface area (Å²) < 4.78 is 11.3. The van der Waals surface area contributed by atoms with Crippen molar-refractivity contribution in [1.29, 1.82) is 0 Å². The van der Waals surface area contributed by atoms with Gasteiger partial charge in [0.2, 0.25) is 0 Å². The van der Waals surface area contributed by atoms with Crippen LogP contribution in [-0.4, -0.2) is 35.7 Å². The average molecular weight is 329 g/mol. The normalized spacial score (nSPS) is 20.1. The van der Waals surface area contributed by atoms with Gasteiger partial charge in [0.15, 0.2) is 6.61 Å². The molecule has 1 aromatic heterocycles. The molecule has 0 radical (unpaired) electrons. The first-order valence-electron chi connectivity index (χ1n) is 8.09. The van der Waals surface area contributed by atoms with E-state index in [-0.39, 0.29) is 12.5 Å². The maximum absolute atomic E-state index is 12.4. The lowest BCUT2D eigenvalue weighted by atomic mass is 9.97. The molecule has 2 aromatic rings. The van der Waals surface area contributed by atoms with Crippen LogP contribution in [0.5, 0.6) is 5.75 Å². The Labute approximate surface area is 141 Å². The molecule has 1 aliphatic rings. The number of aromatic amines is 1. The molecule has 3 rings (SSSR count). The summed E-state index contributed by atoms with van der Waals surface area (Å²) >= 11 is 0. The molecule has 24 heavy (non-hydrogen) atoms. The van der Waals surface area contributed by atoms with Crippen LogP contribution in [0.4, 0.5) is 0 Å². The smallest absolute Gasteiger partial charge is 0.258 e. The number of ether oxygens (including phenoxy) is 2. The number of imidazole rings is 1. The third-order valence-electron chi connectivity index (χ3n) is 4.30. The number of hydrogen-bond donors (Lipinski definition) is 2. The van der Waals surface area contributed by atoms with E-state index in [1.165, 1.54) is 5.56 Å². The van der Waals surface area contributed by atoms with Gasteiger partial charge in [-0.25, -0.2) is 4.98 Å². The minimum atomic E-state index is -0.596. The van der Waals surface area contributed by atoms with Gasteiger partial charge in [0.25, 0.3) is 5.91 Å². The van der Waals surface area contributed by atoms with Crippen molar-refractivity contribution in [3.05, 3.63) is 47.0 Å². The minimum absolute atomic E-state index is 0.0345. The molecule has 1 atom stereocenters. The topological polar surface area (TPSA) is 76.2 Å². The van der Waals surface area contributed by atoms with Crippen LogP contribution in [0.25, 0.3) is 0 Å². The first-order chi connectivity index (χ1) is 11.5. The summed E-state index contributed by atoms with van der Waals surface area (Å²) in [5, 5.41) is 3.03. The first kappa shape index (κ1) is 16.5. The third-order valence-corrected chi connectivity index (χ3v) is 4.30. The molecule has 1 amide bonds. The van der Waals surface area contributed by atoms with E-state index in [1.807, 2.05) is 20.8 Å². The van der Waals surface area contributed by atoms with Crippen LogP contribution in [0.1, 0.15) is 28.9 Å². The molecule has 1 aromatic carbocycles. The van der Waals surface area contributed by atoms with Gasteiger partial charge >= 0.3 is 0 Å². The highest BCUT2D eigenvalue weighted by Gasteiger charge is 2.40. The van der Waals surface area contributed by atoms with Gasteiger partial charge in [0, 0.05) is 25.4 Å². The molecule has 1 fully saturated rings. The monoisotopic (exact) mass is 329 g/mol. The van der Waals surface area contributed by atoms with Gasteiger partial charge in [0.1, 0.15) is 17.1 Å². The van der Waals surface area contributed by atoms with Crippen LogP contribution in [0.15, 0.2) is 24.5 Å². The molecule has 2 heterocycles. The predicted octanol–water partition coefficient (Wildman–Crippen LogP) is 2.15. The van der Waals surface area contributed by atoms with Gasteiger partial charge in [-0.2, -0.15) is 0 Å². The maximum Gasteiger partial charge on any atom is 0.258 e. The van der Waals surface area contributed by atoms with Gasteiger partial charge in [-0.15, -0.1) is 0 Å². The lowest BCUT2D eigenvalue weighted by molar-refractivity contribution is -0.125. The second-order valence-electron chi connectivity index (χ2n) is 6.39. The number of carbonyl (C=O) groups is 1. The number of nitrogens with one attached hydrogen (secondary N) is 2. The Bertz CT molecular complexity index is 696. The molecule has 0 bridgehead atoms. The summed E-state index contributed by atoms with van der Waals surface area (Å²) in [6.45, 7) is 6.99. The van der Waals surface area contributed by atoms with Gasteiger partial charge in [-0.05, 0) is 31.9 Å². The Kier molecular flexibility index (Phi) is 4.57. The Morgan fingerprint density at radius 2 is 2.12 bits per heavy atom. The number of benzene rings is 1. The lowest BCUT2D eigenvalue weighted by Gasteiger charge is -2.26. The zero-order chi connectivity index (χ0) is 17.2. The number of aromatic nitrogens is 2. The van der Waals surface area contributed by atoms with Gasteiger partial charge in [-0.3, -0.25) is 4.79 Å². The Morgan fingerprint density at radius 3 is 2.71 bits per heavy atom. The van der Waals surface area contributed by atoms with Crippen LogP contribution in [-0.2, 0) is 15.1 Å². The molecule has 0 aliphatic carbocycles. The van der Waals surface area contributed by atoms with Crippen LogP contribution < -0.4 is 10.1 Å². The number of nitrogens with zero attached hydrogens (tertiary/aromatic N) is 1. The van der Waals surface area contributed by atoms with Crippen molar-refractivity contribution in [2.45, 2.75) is 32.7 Å². The van der Waals surface area contributed by atoms with E-state index in [9.17, 15) is 4.79 Å². The second-order valence-corrected chi connectivity index (χ2v) is 6.39. The van der Waals surface area contributed by atoms with Crippen LogP contribution in [0, 0.1) is 20.8 Å². The average Bonchev–Trinajstić information content (AvgIpc) is 3.17. The number of carbonyl (C=O) groups excluding carboxylic acids is 1. The molecule has 0 saturated carbocycles. The van der Waals surface area contributed by atoms with Crippen LogP contribution >= 0.6 is 0 Å². The third kappa shape index (κ3) is 3.28. The largest absolute Gasteiger partial charge is 0.483 e. The summed E-state index contributed by atoms with van der Waals surface area (Å²) in [7, 11) is 0. The lowest BCUT2D eigenvalue weighted by Crippen LogP contribution is -2.49. The van der Waals surface area contributed by atoms with Crippen LogP contribution in [0.2, 0.25) is 0 Å². The molecule has 128 valence electrons. The Hall–Kier alpha value is -2.34. The summed E-state index contributed by atoms with van der Waals surface area (Å²) in [6, 6.07) is 4.10. The number of rotatable bonds is 5. The molecule has 2 N–H and O–H groups in total. The van der Waals surface area contributed by atoms with Crippen molar-refractivity contribution in [3.63, 3.8) is 0 Å². The zero-order valence-corrected chi connectivity index (χ0v) is 14.3. The number of hydrogen-bond acceptors (Lipinski definition) is 4. The number of aryl methyl sites for hydroxylation is 3. The van der Waals surface area contributed by atoms with E-state index in [0.717, 1.165) is 22.7 Å². The molecule has 1 aliphatic heterocycles. The summed E-state index contributed by atoms with van der Waals surface area (Å²) in [4.78, 5) is 19.8. The fraction of sp³-hybridized carbons (Fsp3) is 0.444. The van der Waals surface area contributed by atoms with Crippen molar-refractivity contribution < 1.29 is 14.3 Å². The van der Waals surface area contributed by atoms with Crippen molar-refractivity contribution in [2.75, 3.05) is 19.8 Å². The van der Waals surface area contributed by atoms with E-state index in [0.29, 0.717) is 19.6 Å². The SMILES string of the molecule is Cc1cc(C)c(OCC(=O)NC2(c3ncc[nH]3)CCOC2)c(C)c1. The fourth-order valence-electron chi connectivity index (χ4n) is 3.27. The summed E-state index contributed by atoms with van der Waals surface area (Å²) in [5.74, 6) is 1.30. The van der Waals surface area contributed by atoms with E-state index >= 15 is 0 Å². The molecule has 0 spiro atoms. The highest BCUT2D eigenvalue weighted by Crippen LogP contribution is 2.28. The van der Waals surface area contributed by atoms with Crippen molar-refractivity contribution >= 4 is 5.91 Å². The first-order valence-corrected chi connectivity index (χ1v) is 8.09. The highest BCUT2D eigenvalue weighted by molar-refractivity contribution is 5.78. The van der Waals surface area contributed by atoms with Crippen molar-refractivity contribution in [3.8, 4) is 5.75 Å². The summed E-state index contributed by atoms with van der Waals surface area (Å²) in [5.41, 5.74) is 2.65. The van der Waals surface area contributed by atoms with E-state index in [2.05, 4.69) is 27.4 Å². The van der Waals surface area contributed by atoms with Crippen molar-refractivity contribution in [2.24, 2.45) is 0 Å². The maximum atomic E-state index is 12.4. The van der Waals surface area contributed by atoms with Crippen LogP contribution in [0.3, 0.4) is 0 Å². The molecular weight excluding hydrogens is 306 g/mol. The minimum Gasteiger partial charge on any atom is -0.483 e. The fourth-order valence-corrected chi connectivity index (χ4v) is 3.27. The van der Waals surface area contributed by atoms with E-state index in [1.54, 1.807) is 12.4 Å². The summed E-state index contributed by atoms with van der Waals surface area (Å²) in [6.07, 6.45) is 4.11. The molecule has 6 nitrogen and oxygen atoms in total. The van der Waals surface area contributed by atoms with Crippen molar-refractivity contribution in [1.82, 2.24) is 15.3 Å². The predicted molar refractivity (Wildman–Crippen MR) is 90.0 cm³/mol. The quantitative estimate of drug-likeness (QED) is 0.881. The Balaban J connectivity index is 1.67. The number of amides is 1. The molecule has 1 saturated heterocycles. The van der Waals surface area contributed by atoms with Gasteiger partial charge in [0.05, 0.1) is 6.61 Å². The zero-order valence-electron chi connectivity index (χ0n) is 14.3. The van der Waals surface area contributed by atoms with Gasteiger partial charge < -0.3 is 19.8 Å². The Morgan fingerprint density at radius 1 is 1.38 bits per heavy atom. The highest BCUT2D eigenvalue weighted by atomic mass is 16.5. The molecular formula is C18H23N3O3. The molecule has 1 unspecified atom stereocenters. The second kappa shape index (κ2) is 6.65.